The van der Waals surface area contributed by atoms with Crippen molar-refractivity contribution in [1.82, 2.24) is 24.1 Å². The zero-order chi connectivity index (χ0) is 20.9. The Hall–Kier alpha value is -2.39. The van der Waals surface area contributed by atoms with E-state index in [9.17, 15) is 8.42 Å². The molecule has 9 heteroatoms. The van der Waals surface area contributed by atoms with Gasteiger partial charge in [-0.1, -0.05) is 6.92 Å². The number of hydrogen-bond donors (Lipinski definition) is 1. The van der Waals surface area contributed by atoms with E-state index < -0.39 is 10.0 Å². The molecule has 0 spiro atoms. The average molecular weight is 417 g/mol. The van der Waals surface area contributed by atoms with E-state index in [1.165, 1.54) is 0 Å². The predicted molar refractivity (Wildman–Crippen MR) is 114 cm³/mol. The second kappa shape index (κ2) is 7.14. The number of rotatable bonds is 4. The summed E-state index contributed by atoms with van der Waals surface area (Å²) in [6.07, 6.45) is 4.48. The quantitative estimate of drug-likeness (QED) is 0.706. The van der Waals surface area contributed by atoms with Crippen LogP contribution >= 0.6 is 0 Å². The molecule has 0 amide bonds. The highest BCUT2D eigenvalue weighted by Crippen LogP contribution is 2.33. The first-order valence-corrected chi connectivity index (χ1v) is 11.3. The Morgan fingerprint density at radius 3 is 2.72 bits per heavy atom. The second-order valence-corrected chi connectivity index (χ2v) is 9.88. The largest absolute Gasteiger partial charge is 0.369 e. The molecule has 1 fully saturated rings. The van der Waals surface area contributed by atoms with Crippen molar-refractivity contribution in [2.45, 2.75) is 38.1 Å². The van der Waals surface area contributed by atoms with E-state index >= 15 is 0 Å². The maximum atomic E-state index is 13.5. The lowest BCUT2D eigenvalue weighted by molar-refractivity contribution is 0.247. The fraction of sp³-hybridized carbons (Fsp3) is 0.500. The molecule has 29 heavy (non-hydrogen) atoms. The van der Waals surface area contributed by atoms with E-state index in [0.29, 0.717) is 35.3 Å². The van der Waals surface area contributed by atoms with Crippen LogP contribution in [0.2, 0.25) is 0 Å². The number of H-pyrrole nitrogens is 1. The molecule has 1 N–H and O–H groups in total. The molecule has 0 aromatic carbocycles. The highest BCUT2D eigenvalue weighted by molar-refractivity contribution is 7.89. The van der Waals surface area contributed by atoms with E-state index in [4.69, 9.17) is 0 Å². The maximum absolute atomic E-state index is 13.5. The topological polar surface area (TPSA) is 87.1 Å². The van der Waals surface area contributed by atoms with Gasteiger partial charge in [0.15, 0.2) is 0 Å². The summed E-state index contributed by atoms with van der Waals surface area (Å²) in [5.41, 5.74) is 3.12. The lowest BCUT2D eigenvalue weighted by Crippen LogP contribution is -2.52. The minimum absolute atomic E-state index is 0.0660. The standard InChI is InChI=1S/C20H28N6O2S/c1-13-8-11-26(29(27,28)19-14(2)23-25(5)15(19)3)12-18(13)24(4)17-7-10-22-20-16(17)6-9-21-20/h6-7,9-10,13,18H,8,11-12H2,1-5H3,(H,21,22)/t13-,18+/m1/s1. The smallest absolute Gasteiger partial charge is 0.246 e. The molecule has 0 aliphatic carbocycles. The zero-order valence-electron chi connectivity index (χ0n) is 17.5. The van der Waals surface area contributed by atoms with Crippen LogP contribution in [-0.4, -0.2) is 58.7 Å². The van der Waals surface area contributed by atoms with Crippen molar-refractivity contribution in [3.8, 4) is 0 Å². The zero-order valence-corrected chi connectivity index (χ0v) is 18.4. The lowest BCUT2D eigenvalue weighted by atomic mass is 9.93. The predicted octanol–water partition coefficient (Wildman–Crippen LogP) is 2.45. The van der Waals surface area contributed by atoms with Crippen molar-refractivity contribution in [1.29, 1.82) is 0 Å². The van der Waals surface area contributed by atoms with Gasteiger partial charge in [0.25, 0.3) is 0 Å². The highest BCUT2D eigenvalue weighted by Gasteiger charge is 2.38. The van der Waals surface area contributed by atoms with Gasteiger partial charge in [-0.05, 0) is 38.3 Å². The number of aryl methyl sites for hydroxylation is 2. The molecular formula is C20H28N6O2S. The van der Waals surface area contributed by atoms with Gasteiger partial charge in [-0.2, -0.15) is 9.40 Å². The van der Waals surface area contributed by atoms with Crippen LogP contribution in [0.15, 0.2) is 29.4 Å². The number of aromatic nitrogens is 4. The Bertz CT molecular complexity index is 1150. The molecule has 4 rings (SSSR count). The van der Waals surface area contributed by atoms with Gasteiger partial charge in [-0.15, -0.1) is 0 Å². The van der Waals surface area contributed by atoms with Crippen LogP contribution in [0.25, 0.3) is 11.0 Å². The van der Waals surface area contributed by atoms with Gasteiger partial charge < -0.3 is 9.88 Å². The first-order valence-electron chi connectivity index (χ1n) is 9.87. The number of hydrogen-bond acceptors (Lipinski definition) is 5. The number of anilines is 1. The lowest BCUT2D eigenvalue weighted by Gasteiger charge is -2.42. The van der Waals surface area contributed by atoms with Gasteiger partial charge in [-0.3, -0.25) is 4.68 Å². The fourth-order valence-electron chi connectivity index (χ4n) is 4.43. The normalized spacial score (nSPS) is 21.0. The third kappa shape index (κ3) is 3.22. The Morgan fingerprint density at radius 2 is 2.03 bits per heavy atom. The van der Waals surface area contributed by atoms with E-state index in [0.717, 1.165) is 23.1 Å². The first-order chi connectivity index (χ1) is 13.7. The average Bonchev–Trinajstić information content (AvgIpc) is 3.25. The number of pyridine rings is 1. The van der Waals surface area contributed by atoms with Crippen LogP contribution in [0.4, 0.5) is 5.69 Å². The summed E-state index contributed by atoms with van der Waals surface area (Å²) in [5, 5.41) is 5.35. The minimum Gasteiger partial charge on any atom is -0.369 e. The molecule has 8 nitrogen and oxygen atoms in total. The Morgan fingerprint density at radius 1 is 1.28 bits per heavy atom. The molecule has 3 aromatic heterocycles. The molecular weight excluding hydrogens is 388 g/mol. The number of likely N-dealkylation sites (N-methyl/N-ethyl adjacent to an activating group) is 1. The molecule has 3 aromatic rings. The SMILES string of the molecule is Cc1nn(C)c(C)c1S(=O)(=O)N1CC[C@@H](C)[C@@H](N(C)c2ccnc3[nH]ccc23)C1. The van der Waals surface area contributed by atoms with E-state index in [-0.39, 0.29) is 6.04 Å². The number of sulfonamides is 1. The number of nitrogens with one attached hydrogen (secondary N) is 1. The third-order valence-corrected chi connectivity index (χ3v) is 8.35. The number of nitrogens with zero attached hydrogens (tertiary/aromatic N) is 5. The summed E-state index contributed by atoms with van der Waals surface area (Å²) in [5.74, 6) is 0.365. The summed E-state index contributed by atoms with van der Waals surface area (Å²) in [4.78, 5) is 10.1. The van der Waals surface area contributed by atoms with Crippen LogP contribution in [0.5, 0.6) is 0 Å². The van der Waals surface area contributed by atoms with Crippen LogP contribution in [0.1, 0.15) is 24.7 Å². The summed E-state index contributed by atoms with van der Waals surface area (Å²) in [7, 11) is 0.219. The fourth-order valence-corrected chi connectivity index (χ4v) is 6.30. The summed E-state index contributed by atoms with van der Waals surface area (Å²) < 4.78 is 30.2. The van der Waals surface area contributed by atoms with Crippen molar-refractivity contribution < 1.29 is 8.42 Å². The molecule has 1 aliphatic rings. The van der Waals surface area contributed by atoms with Crippen LogP contribution in [0, 0.1) is 19.8 Å². The highest BCUT2D eigenvalue weighted by atomic mass is 32.2. The molecule has 1 aliphatic heterocycles. The van der Waals surface area contributed by atoms with Gasteiger partial charge in [-0.25, -0.2) is 13.4 Å². The van der Waals surface area contributed by atoms with Gasteiger partial charge in [0.05, 0.1) is 11.4 Å². The maximum Gasteiger partial charge on any atom is 0.246 e. The van der Waals surface area contributed by atoms with Crippen LogP contribution in [0.3, 0.4) is 0 Å². The van der Waals surface area contributed by atoms with Crippen molar-refractivity contribution in [3.63, 3.8) is 0 Å². The van der Waals surface area contributed by atoms with Crippen molar-refractivity contribution in [3.05, 3.63) is 35.9 Å². The van der Waals surface area contributed by atoms with Crippen molar-refractivity contribution in [2.24, 2.45) is 13.0 Å². The van der Waals surface area contributed by atoms with E-state index in [2.05, 4.69) is 26.9 Å². The number of aromatic amines is 1. The van der Waals surface area contributed by atoms with Crippen molar-refractivity contribution >= 4 is 26.7 Å². The van der Waals surface area contributed by atoms with Gasteiger partial charge in [0, 0.05) is 56.7 Å². The molecule has 4 heterocycles. The van der Waals surface area contributed by atoms with E-state index in [1.807, 2.05) is 32.3 Å². The molecule has 2 atom stereocenters. The molecule has 0 radical (unpaired) electrons. The Balaban J connectivity index is 1.67. The minimum atomic E-state index is -3.60. The van der Waals surface area contributed by atoms with E-state index in [1.54, 1.807) is 29.2 Å². The van der Waals surface area contributed by atoms with Gasteiger partial charge >= 0.3 is 0 Å². The molecule has 0 saturated carbocycles. The second-order valence-electron chi connectivity index (χ2n) is 8.00. The van der Waals surface area contributed by atoms with Gasteiger partial charge in [0.2, 0.25) is 10.0 Å². The molecule has 0 unspecified atom stereocenters. The third-order valence-electron chi connectivity index (χ3n) is 6.24. The molecule has 1 saturated heterocycles. The molecule has 0 bridgehead atoms. The first kappa shape index (κ1) is 19.9. The number of piperidine rings is 1. The van der Waals surface area contributed by atoms with Crippen LogP contribution in [-0.2, 0) is 17.1 Å². The van der Waals surface area contributed by atoms with Crippen molar-refractivity contribution in [2.75, 3.05) is 25.0 Å². The summed E-state index contributed by atoms with van der Waals surface area (Å²) in [6, 6.07) is 4.07. The Kier molecular flexibility index (Phi) is 4.90. The monoisotopic (exact) mass is 416 g/mol. The summed E-state index contributed by atoms with van der Waals surface area (Å²) in [6.45, 7) is 6.74. The summed E-state index contributed by atoms with van der Waals surface area (Å²) >= 11 is 0. The molecule has 156 valence electrons. The Labute approximate surface area is 171 Å². The number of fused-ring (bicyclic) bond motifs is 1. The van der Waals surface area contributed by atoms with Gasteiger partial charge in [0.1, 0.15) is 10.5 Å². The van der Waals surface area contributed by atoms with Crippen LogP contribution < -0.4 is 4.90 Å².